The topological polar surface area (TPSA) is 54.8 Å². The molecular formula is C18H26ClN5. The lowest BCUT2D eigenvalue weighted by Gasteiger charge is -2.30. The molecule has 24 heavy (non-hydrogen) atoms. The molecule has 0 atom stereocenters. The van der Waals surface area contributed by atoms with Gasteiger partial charge in [0.1, 0.15) is 5.15 Å². The second kappa shape index (κ2) is 7.53. The van der Waals surface area contributed by atoms with E-state index in [-0.39, 0.29) is 0 Å². The Labute approximate surface area is 148 Å². The highest BCUT2D eigenvalue weighted by Crippen LogP contribution is 2.31. The van der Waals surface area contributed by atoms with Gasteiger partial charge in [-0.3, -0.25) is 4.68 Å². The van der Waals surface area contributed by atoms with E-state index in [2.05, 4.69) is 34.6 Å². The van der Waals surface area contributed by atoms with Crippen LogP contribution < -0.4 is 10.6 Å². The smallest absolute Gasteiger partial charge is 0.131 e. The molecule has 1 fully saturated rings. The zero-order valence-corrected chi connectivity index (χ0v) is 15.3. The summed E-state index contributed by atoms with van der Waals surface area (Å²) in [5, 5.41) is 12.2. The van der Waals surface area contributed by atoms with Crippen molar-refractivity contribution < 1.29 is 0 Å². The fourth-order valence-electron chi connectivity index (χ4n) is 3.27. The zero-order valence-electron chi connectivity index (χ0n) is 14.6. The Balaban J connectivity index is 1.80. The Morgan fingerprint density at radius 1 is 1.21 bits per heavy atom. The summed E-state index contributed by atoms with van der Waals surface area (Å²) in [7, 11) is 2.05. The molecule has 2 N–H and O–H groups in total. The van der Waals surface area contributed by atoms with Gasteiger partial charge >= 0.3 is 0 Å². The molecule has 2 heterocycles. The van der Waals surface area contributed by atoms with Gasteiger partial charge in [0.05, 0.1) is 5.69 Å². The van der Waals surface area contributed by atoms with Crippen LogP contribution in [-0.2, 0) is 0 Å². The third-order valence-corrected chi connectivity index (χ3v) is 4.99. The molecule has 0 bridgehead atoms. The molecule has 0 aliphatic heterocycles. The van der Waals surface area contributed by atoms with Crippen LogP contribution in [0.3, 0.4) is 0 Å². The van der Waals surface area contributed by atoms with Gasteiger partial charge in [-0.2, -0.15) is 5.10 Å². The first-order valence-corrected chi connectivity index (χ1v) is 9.09. The molecule has 0 unspecified atom stereocenters. The highest BCUT2D eigenvalue weighted by molar-refractivity contribution is 6.29. The first kappa shape index (κ1) is 17.2. The largest absolute Gasteiger partial charge is 0.382 e. The van der Waals surface area contributed by atoms with Crippen molar-refractivity contribution in [1.29, 1.82) is 0 Å². The van der Waals surface area contributed by atoms with Gasteiger partial charge in [0, 0.05) is 41.8 Å². The molecule has 0 aromatic carbocycles. The third kappa shape index (κ3) is 3.90. The summed E-state index contributed by atoms with van der Waals surface area (Å²) >= 11 is 6.14. The van der Waals surface area contributed by atoms with Crippen molar-refractivity contribution in [2.75, 3.05) is 12.4 Å². The maximum atomic E-state index is 6.14. The fourth-order valence-corrected chi connectivity index (χ4v) is 3.43. The Kier molecular flexibility index (Phi) is 5.41. The standard InChI is InChI=1S/C18H26ClN5/c1-12(2)24-9-8-16(23-24)15-11-21-18(19)10-17(15)22-14-6-4-13(20-3)5-7-14/h8-14,20H,4-7H2,1-3H3,(H,21,22). The molecule has 0 radical (unpaired) electrons. The lowest BCUT2D eigenvalue weighted by atomic mass is 9.91. The van der Waals surface area contributed by atoms with Crippen molar-refractivity contribution in [1.82, 2.24) is 20.1 Å². The average Bonchev–Trinajstić information content (AvgIpc) is 3.06. The summed E-state index contributed by atoms with van der Waals surface area (Å²) in [5.41, 5.74) is 2.96. The van der Waals surface area contributed by atoms with Crippen LogP contribution in [0.25, 0.3) is 11.3 Å². The molecule has 6 heteroatoms. The van der Waals surface area contributed by atoms with Gasteiger partial charge in [0.15, 0.2) is 0 Å². The molecule has 3 rings (SSSR count). The molecule has 1 aliphatic carbocycles. The second-order valence-electron chi connectivity index (χ2n) is 6.81. The van der Waals surface area contributed by atoms with E-state index in [1.807, 2.05) is 36.3 Å². The number of aromatic nitrogens is 3. The average molecular weight is 348 g/mol. The SMILES string of the molecule is CNC1CCC(Nc2cc(Cl)ncc2-c2ccn(C(C)C)n2)CC1. The van der Waals surface area contributed by atoms with Crippen molar-refractivity contribution in [2.24, 2.45) is 0 Å². The monoisotopic (exact) mass is 347 g/mol. The predicted octanol–water partition coefficient (Wildman–Crippen LogP) is 4.12. The van der Waals surface area contributed by atoms with Gasteiger partial charge < -0.3 is 10.6 Å². The lowest BCUT2D eigenvalue weighted by Crippen LogP contribution is -2.35. The van der Waals surface area contributed by atoms with E-state index in [0.29, 0.717) is 23.3 Å². The molecule has 1 aliphatic rings. The van der Waals surface area contributed by atoms with E-state index < -0.39 is 0 Å². The van der Waals surface area contributed by atoms with Crippen molar-refractivity contribution in [2.45, 2.75) is 57.7 Å². The summed E-state index contributed by atoms with van der Waals surface area (Å²) < 4.78 is 1.96. The van der Waals surface area contributed by atoms with Crippen LogP contribution in [0.5, 0.6) is 0 Å². The first-order valence-electron chi connectivity index (χ1n) is 8.71. The Hall–Kier alpha value is -1.59. The number of pyridine rings is 1. The van der Waals surface area contributed by atoms with Crippen molar-refractivity contribution in [3.63, 3.8) is 0 Å². The normalized spacial score (nSPS) is 21.2. The highest BCUT2D eigenvalue weighted by Gasteiger charge is 2.21. The molecule has 1 saturated carbocycles. The van der Waals surface area contributed by atoms with Gasteiger partial charge in [0.25, 0.3) is 0 Å². The number of anilines is 1. The van der Waals surface area contributed by atoms with Gasteiger partial charge in [-0.1, -0.05) is 11.6 Å². The highest BCUT2D eigenvalue weighted by atomic mass is 35.5. The molecule has 0 saturated heterocycles. The van der Waals surface area contributed by atoms with Gasteiger partial charge in [-0.25, -0.2) is 4.98 Å². The van der Waals surface area contributed by atoms with Crippen molar-refractivity contribution in [3.05, 3.63) is 29.7 Å². The molecule has 5 nitrogen and oxygen atoms in total. The molecule has 2 aromatic heterocycles. The Morgan fingerprint density at radius 3 is 2.54 bits per heavy atom. The van der Waals surface area contributed by atoms with Crippen LogP contribution in [0.4, 0.5) is 5.69 Å². The summed E-state index contributed by atoms with van der Waals surface area (Å²) in [6, 6.07) is 5.40. The Morgan fingerprint density at radius 2 is 1.92 bits per heavy atom. The minimum Gasteiger partial charge on any atom is -0.382 e. The fraction of sp³-hybridized carbons (Fsp3) is 0.556. The zero-order chi connectivity index (χ0) is 17.1. The first-order chi connectivity index (χ1) is 11.6. The van der Waals surface area contributed by atoms with Crippen LogP contribution in [0.15, 0.2) is 24.5 Å². The predicted molar refractivity (Wildman–Crippen MR) is 99.6 cm³/mol. The van der Waals surface area contributed by atoms with Crippen molar-refractivity contribution in [3.8, 4) is 11.3 Å². The molecule has 0 amide bonds. The minimum absolute atomic E-state index is 0.340. The third-order valence-electron chi connectivity index (χ3n) is 4.78. The minimum atomic E-state index is 0.340. The van der Waals surface area contributed by atoms with Gasteiger partial charge in [0.2, 0.25) is 0 Å². The molecule has 130 valence electrons. The maximum absolute atomic E-state index is 6.14. The number of rotatable bonds is 5. The van der Waals surface area contributed by atoms with Crippen LogP contribution >= 0.6 is 11.6 Å². The molecule has 0 spiro atoms. The van der Waals surface area contributed by atoms with Crippen LogP contribution in [-0.4, -0.2) is 33.9 Å². The van der Waals surface area contributed by atoms with E-state index in [0.717, 1.165) is 29.8 Å². The summed E-state index contributed by atoms with van der Waals surface area (Å²) in [6.07, 6.45) is 8.54. The van der Waals surface area contributed by atoms with E-state index >= 15 is 0 Å². The summed E-state index contributed by atoms with van der Waals surface area (Å²) in [4.78, 5) is 4.25. The Bertz CT molecular complexity index is 674. The second-order valence-corrected chi connectivity index (χ2v) is 7.20. The lowest BCUT2D eigenvalue weighted by molar-refractivity contribution is 0.371. The maximum Gasteiger partial charge on any atom is 0.131 e. The van der Waals surface area contributed by atoms with E-state index in [9.17, 15) is 0 Å². The number of hydrogen-bond acceptors (Lipinski definition) is 4. The van der Waals surface area contributed by atoms with Gasteiger partial charge in [-0.15, -0.1) is 0 Å². The van der Waals surface area contributed by atoms with Crippen molar-refractivity contribution >= 4 is 17.3 Å². The van der Waals surface area contributed by atoms with Gasteiger partial charge in [-0.05, 0) is 58.7 Å². The van der Waals surface area contributed by atoms with E-state index in [4.69, 9.17) is 11.6 Å². The number of halogens is 1. The van der Waals surface area contributed by atoms with E-state index in [1.54, 1.807) is 0 Å². The van der Waals surface area contributed by atoms with Crippen LogP contribution in [0, 0.1) is 0 Å². The number of nitrogens with zero attached hydrogens (tertiary/aromatic N) is 3. The molecule has 2 aromatic rings. The number of nitrogens with one attached hydrogen (secondary N) is 2. The van der Waals surface area contributed by atoms with Crippen LogP contribution in [0.2, 0.25) is 5.15 Å². The van der Waals surface area contributed by atoms with E-state index in [1.165, 1.54) is 12.8 Å². The number of hydrogen-bond donors (Lipinski definition) is 2. The van der Waals surface area contributed by atoms with Crippen LogP contribution in [0.1, 0.15) is 45.6 Å². The molecular weight excluding hydrogens is 322 g/mol. The quantitative estimate of drug-likeness (QED) is 0.799. The summed E-state index contributed by atoms with van der Waals surface area (Å²) in [5.74, 6) is 0. The summed E-state index contributed by atoms with van der Waals surface area (Å²) in [6.45, 7) is 4.24.